The van der Waals surface area contributed by atoms with Crippen molar-refractivity contribution in [2.45, 2.75) is 20.0 Å². The summed E-state index contributed by atoms with van der Waals surface area (Å²) in [6.07, 6.45) is 4.53. The van der Waals surface area contributed by atoms with Crippen LogP contribution in [0.2, 0.25) is 0 Å². The van der Waals surface area contributed by atoms with E-state index in [0.717, 1.165) is 6.34 Å². The van der Waals surface area contributed by atoms with E-state index in [1.165, 1.54) is 5.57 Å². The third kappa shape index (κ3) is 2.75. The first-order valence-electron chi connectivity index (χ1n) is 4.20. The first-order chi connectivity index (χ1) is 6.24. The average Bonchev–Trinajstić information content (AvgIpc) is 2.11. The van der Waals surface area contributed by atoms with Gasteiger partial charge >= 0.3 is 0 Å². The van der Waals surface area contributed by atoms with E-state index in [1.807, 2.05) is 13.0 Å². The van der Waals surface area contributed by atoms with Gasteiger partial charge in [-0.1, -0.05) is 17.4 Å². The number of hydrogen-bond donors (Lipinski definition) is 2. The SMILES string of the molecule is C/C1=C/C=NC(NC=N)C#CC1C. The second-order valence-corrected chi connectivity index (χ2v) is 2.93. The number of aliphatic imine (C=N–C) groups is 1. The van der Waals surface area contributed by atoms with Gasteiger partial charge in [-0.05, 0) is 19.9 Å². The Kier molecular flexibility index (Phi) is 3.27. The van der Waals surface area contributed by atoms with Crippen molar-refractivity contribution < 1.29 is 0 Å². The summed E-state index contributed by atoms with van der Waals surface area (Å²) in [6.45, 7) is 4.09. The zero-order valence-electron chi connectivity index (χ0n) is 7.83. The predicted molar refractivity (Wildman–Crippen MR) is 54.9 cm³/mol. The fourth-order valence-electron chi connectivity index (χ4n) is 0.910. The molecule has 2 atom stereocenters. The van der Waals surface area contributed by atoms with E-state index < -0.39 is 0 Å². The molecule has 0 bridgehead atoms. The summed E-state index contributed by atoms with van der Waals surface area (Å²) < 4.78 is 0. The molecule has 1 aliphatic rings. The highest BCUT2D eigenvalue weighted by molar-refractivity contribution is 5.73. The third-order valence-corrected chi connectivity index (χ3v) is 1.93. The van der Waals surface area contributed by atoms with Crippen LogP contribution in [0, 0.1) is 23.2 Å². The molecule has 0 radical (unpaired) electrons. The van der Waals surface area contributed by atoms with Gasteiger partial charge in [0.15, 0.2) is 6.17 Å². The van der Waals surface area contributed by atoms with Gasteiger partial charge in [0.2, 0.25) is 0 Å². The Bertz CT molecular complexity index is 304. The van der Waals surface area contributed by atoms with Gasteiger partial charge in [0, 0.05) is 12.1 Å². The molecule has 3 nitrogen and oxygen atoms in total. The van der Waals surface area contributed by atoms with Gasteiger partial charge in [-0.15, -0.1) is 0 Å². The zero-order valence-corrected chi connectivity index (χ0v) is 7.83. The Hall–Kier alpha value is -1.56. The van der Waals surface area contributed by atoms with Gasteiger partial charge in [0.05, 0.1) is 6.34 Å². The molecule has 1 aliphatic heterocycles. The number of allylic oxidation sites excluding steroid dienone is 2. The topological polar surface area (TPSA) is 48.2 Å². The monoisotopic (exact) mass is 175 g/mol. The summed E-state index contributed by atoms with van der Waals surface area (Å²) >= 11 is 0. The van der Waals surface area contributed by atoms with Crippen LogP contribution in [-0.2, 0) is 0 Å². The molecule has 2 N–H and O–H groups in total. The summed E-state index contributed by atoms with van der Waals surface area (Å²) in [4.78, 5) is 4.12. The van der Waals surface area contributed by atoms with Gasteiger partial charge in [-0.2, -0.15) is 0 Å². The van der Waals surface area contributed by atoms with Crippen LogP contribution >= 0.6 is 0 Å². The van der Waals surface area contributed by atoms with E-state index in [4.69, 9.17) is 5.41 Å². The van der Waals surface area contributed by atoms with Crippen molar-refractivity contribution in [3.05, 3.63) is 11.6 Å². The maximum atomic E-state index is 6.86. The smallest absolute Gasteiger partial charge is 0.182 e. The Balaban J connectivity index is 2.81. The maximum Gasteiger partial charge on any atom is 0.182 e. The Morgan fingerprint density at radius 1 is 1.62 bits per heavy atom. The molecule has 3 heteroatoms. The van der Waals surface area contributed by atoms with Crippen molar-refractivity contribution in [1.82, 2.24) is 5.32 Å². The number of nitrogens with one attached hydrogen (secondary N) is 2. The number of hydrogen-bond acceptors (Lipinski definition) is 2. The van der Waals surface area contributed by atoms with E-state index in [2.05, 4.69) is 29.1 Å². The van der Waals surface area contributed by atoms with Crippen molar-refractivity contribution in [2.75, 3.05) is 0 Å². The van der Waals surface area contributed by atoms with Crippen molar-refractivity contribution in [1.29, 1.82) is 5.41 Å². The summed E-state index contributed by atoms with van der Waals surface area (Å²) in [5.74, 6) is 6.29. The van der Waals surface area contributed by atoms with Crippen molar-refractivity contribution in [2.24, 2.45) is 10.9 Å². The normalized spacial score (nSPS) is 30.2. The minimum absolute atomic E-state index is 0.266. The lowest BCUT2D eigenvalue weighted by atomic mass is 10.0. The van der Waals surface area contributed by atoms with E-state index in [9.17, 15) is 0 Å². The van der Waals surface area contributed by atoms with Crippen molar-refractivity contribution >= 4 is 12.6 Å². The maximum absolute atomic E-state index is 6.86. The fraction of sp³-hybridized carbons (Fsp3) is 0.400. The van der Waals surface area contributed by atoms with Gasteiger partial charge in [0.1, 0.15) is 0 Å². The van der Waals surface area contributed by atoms with Crippen LogP contribution in [0.25, 0.3) is 0 Å². The Morgan fingerprint density at radius 3 is 3.08 bits per heavy atom. The van der Waals surface area contributed by atoms with E-state index in [0.29, 0.717) is 0 Å². The van der Waals surface area contributed by atoms with Gasteiger partial charge in [-0.25, -0.2) is 0 Å². The molecule has 13 heavy (non-hydrogen) atoms. The lowest BCUT2D eigenvalue weighted by Crippen LogP contribution is -2.24. The minimum Gasteiger partial charge on any atom is -0.345 e. The third-order valence-electron chi connectivity index (χ3n) is 1.93. The highest BCUT2D eigenvalue weighted by atomic mass is 15.1. The summed E-state index contributed by atoms with van der Waals surface area (Å²) in [7, 11) is 0. The minimum atomic E-state index is -0.274. The molecule has 1 rings (SSSR count). The molecular weight excluding hydrogens is 162 g/mol. The standard InChI is InChI=1S/C10H13N3/c1-8-3-4-10(13-7-11)12-6-5-9(8)2/h5-8,10H,1-2H3,(H2,11,13)/b9-5-,12-6?. The zero-order chi connectivity index (χ0) is 9.68. The molecule has 0 aromatic heterocycles. The molecule has 0 saturated carbocycles. The molecule has 0 aliphatic carbocycles. The van der Waals surface area contributed by atoms with Crippen LogP contribution in [0.3, 0.4) is 0 Å². The molecular formula is C10H13N3. The van der Waals surface area contributed by atoms with Crippen LogP contribution in [0.4, 0.5) is 0 Å². The molecule has 2 unspecified atom stereocenters. The number of rotatable bonds is 2. The van der Waals surface area contributed by atoms with E-state index >= 15 is 0 Å². The van der Waals surface area contributed by atoms with Crippen LogP contribution in [0.5, 0.6) is 0 Å². The molecule has 0 saturated heterocycles. The first kappa shape index (κ1) is 9.53. The Morgan fingerprint density at radius 2 is 2.38 bits per heavy atom. The van der Waals surface area contributed by atoms with Crippen molar-refractivity contribution in [3.63, 3.8) is 0 Å². The van der Waals surface area contributed by atoms with Gasteiger partial charge in [-0.3, -0.25) is 10.4 Å². The first-order valence-corrected chi connectivity index (χ1v) is 4.20. The van der Waals surface area contributed by atoms with E-state index in [1.54, 1.807) is 6.21 Å². The van der Waals surface area contributed by atoms with Crippen LogP contribution < -0.4 is 5.32 Å². The van der Waals surface area contributed by atoms with Gasteiger partial charge < -0.3 is 5.32 Å². The summed E-state index contributed by atoms with van der Waals surface area (Å²) in [5.41, 5.74) is 1.21. The van der Waals surface area contributed by atoms with Crippen LogP contribution in [0.1, 0.15) is 13.8 Å². The molecule has 68 valence electrons. The largest absolute Gasteiger partial charge is 0.345 e. The average molecular weight is 175 g/mol. The highest BCUT2D eigenvalue weighted by Crippen LogP contribution is 2.08. The summed E-state index contributed by atoms with van der Waals surface area (Å²) in [6, 6.07) is 0. The number of nitrogens with zero attached hydrogens (tertiary/aromatic N) is 1. The van der Waals surface area contributed by atoms with Crippen molar-refractivity contribution in [3.8, 4) is 11.8 Å². The lowest BCUT2D eigenvalue weighted by Gasteiger charge is -2.08. The van der Waals surface area contributed by atoms with Crippen LogP contribution in [-0.4, -0.2) is 18.7 Å². The quantitative estimate of drug-likeness (QED) is 0.369. The molecule has 0 spiro atoms. The second kappa shape index (κ2) is 4.46. The molecule has 1 heterocycles. The van der Waals surface area contributed by atoms with E-state index in [-0.39, 0.29) is 12.1 Å². The molecule has 0 amide bonds. The van der Waals surface area contributed by atoms with Crippen LogP contribution in [0.15, 0.2) is 16.6 Å². The Labute approximate surface area is 78.5 Å². The van der Waals surface area contributed by atoms with Gasteiger partial charge in [0.25, 0.3) is 0 Å². The highest BCUT2D eigenvalue weighted by Gasteiger charge is 2.03. The fourth-order valence-corrected chi connectivity index (χ4v) is 0.910. The molecule has 0 fully saturated rings. The lowest BCUT2D eigenvalue weighted by molar-refractivity contribution is 0.796. The second-order valence-electron chi connectivity index (χ2n) is 2.93. The predicted octanol–water partition coefficient (Wildman–Crippen LogP) is 1.18. The molecule has 0 aromatic rings. The molecule has 0 aromatic carbocycles. The summed E-state index contributed by atoms with van der Waals surface area (Å²) in [5, 5.41) is 9.59.